The molecule has 0 unspecified atom stereocenters. The van der Waals surface area contributed by atoms with Crippen molar-refractivity contribution in [3.63, 3.8) is 0 Å². The van der Waals surface area contributed by atoms with E-state index in [1.54, 1.807) is 0 Å². The number of hydrogen-bond acceptors (Lipinski definition) is 15. The smallest absolute Gasteiger partial charge is 0.111 e. The molecule has 0 bridgehead atoms. The maximum absolute atomic E-state index is 5.59. The number of allylic oxidation sites excluding steroid dienone is 6. The third kappa shape index (κ3) is 61.3. The van der Waals surface area contributed by atoms with Crippen LogP contribution in [0.2, 0.25) is 0 Å². The molecule has 81 heavy (non-hydrogen) atoms. The van der Waals surface area contributed by atoms with Crippen molar-refractivity contribution in [1.82, 2.24) is 0 Å². The molecule has 1 fully saturated rings. The van der Waals surface area contributed by atoms with Crippen molar-refractivity contribution in [2.24, 2.45) is 0 Å². The molecule has 15 heteroatoms. The SMILES string of the molecule is CCCC/C(=C/OCCOCCOCCO/C=C(\CC)CCCC)CC.CCCCC(=COCCOCCOCCOCCOC=C(CC)CCCC)CC.CCOCCOCCOC=C1CCCC(=COCCOCCOCC)C1. The Morgan fingerprint density at radius 2 is 0.506 bits per heavy atom. The van der Waals surface area contributed by atoms with Gasteiger partial charge in [0.2, 0.25) is 0 Å². The Morgan fingerprint density at radius 3 is 0.728 bits per heavy atom. The van der Waals surface area contributed by atoms with Crippen LogP contribution in [-0.4, -0.2) is 159 Å². The lowest BCUT2D eigenvalue weighted by atomic mass is 9.92. The van der Waals surface area contributed by atoms with E-state index in [4.69, 9.17) is 71.1 Å². The van der Waals surface area contributed by atoms with E-state index in [1.807, 2.05) is 51.4 Å². The Balaban J connectivity index is 0. The number of hydrogen-bond donors (Lipinski definition) is 0. The fourth-order valence-corrected chi connectivity index (χ4v) is 7.40. The standard InChI is InChI=1S/C24H46O5.C22H42O4.C20H36O6/c1-5-9-11-23(7-3)21-28-19-17-26-15-13-25-14-16-27-18-20-29-22-24(8-4)12-10-6-2;1-5-9-11-21(7-3)19-25-17-15-23-13-14-24-16-18-26-20-22(8-4)12-10-6-2;1-3-21-8-10-23-12-14-25-17-19-6-5-7-20(16-19)18-26-15-13-24-11-9-22-4-2/h21-22H,5-20H2,1-4H3;19-20H,5-18H2,1-4H3;17-18H,3-16H2,1-2H3/b;21-19+,22-20+;. The van der Waals surface area contributed by atoms with Crippen molar-refractivity contribution in [1.29, 1.82) is 0 Å². The number of unbranched alkanes of at least 4 members (excludes halogenated alkanes) is 4. The molecule has 1 rings (SSSR count). The minimum Gasteiger partial charge on any atom is -0.499 e. The molecule has 0 aromatic rings. The summed E-state index contributed by atoms with van der Waals surface area (Å²) in [4.78, 5) is 0. The topological polar surface area (TPSA) is 138 Å². The highest BCUT2D eigenvalue weighted by Gasteiger charge is 2.11. The fraction of sp³-hybridized carbons (Fsp3) is 0.818. The van der Waals surface area contributed by atoms with Crippen molar-refractivity contribution in [2.75, 3.05) is 159 Å². The lowest BCUT2D eigenvalue weighted by molar-refractivity contribution is 0.000248. The summed E-state index contributed by atoms with van der Waals surface area (Å²) in [7, 11) is 0. The number of rotatable bonds is 57. The Bertz CT molecular complexity index is 1360. The highest BCUT2D eigenvalue weighted by Crippen LogP contribution is 2.28. The summed E-state index contributed by atoms with van der Waals surface area (Å²) in [6.45, 7) is 36.0. The molecule has 0 spiro atoms. The van der Waals surface area contributed by atoms with Crippen molar-refractivity contribution < 1.29 is 71.1 Å². The number of ether oxygens (including phenoxy) is 15. The maximum Gasteiger partial charge on any atom is 0.111 e. The van der Waals surface area contributed by atoms with Gasteiger partial charge in [0.1, 0.15) is 39.6 Å². The summed E-state index contributed by atoms with van der Waals surface area (Å²) < 4.78 is 82.2. The van der Waals surface area contributed by atoms with Gasteiger partial charge >= 0.3 is 0 Å². The minimum atomic E-state index is 0.574. The van der Waals surface area contributed by atoms with E-state index in [0.717, 1.165) is 90.3 Å². The predicted octanol–water partition coefficient (Wildman–Crippen LogP) is 15.5. The zero-order valence-corrected chi connectivity index (χ0v) is 53.7. The van der Waals surface area contributed by atoms with Gasteiger partial charge in [0.15, 0.2) is 0 Å². The summed E-state index contributed by atoms with van der Waals surface area (Å²) >= 11 is 0. The molecule has 0 amide bonds. The zero-order valence-electron chi connectivity index (χ0n) is 53.7. The largest absolute Gasteiger partial charge is 0.499 e. The van der Waals surface area contributed by atoms with Crippen molar-refractivity contribution in [3.05, 3.63) is 71.0 Å². The molecule has 0 radical (unpaired) electrons. The second kappa shape index (κ2) is 69.4. The Hall–Kier alpha value is -3.12. The minimum absolute atomic E-state index is 0.574. The molecule has 1 saturated carbocycles. The maximum atomic E-state index is 5.59. The first-order chi connectivity index (χ1) is 39.9. The van der Waals surface area contributed by atoms with Crippen LogP contribution in [0.15, 0.2) is 71.0 Å². The molecule has 478 valence electrons. The van der Waals surface area contributed by atoms with E-state index >= 15 is 0 Å². The van der Waals surface area contributed by atoms with E-state index in [2.05, 4.69) is 55.4 Å². The molecular formula is C66H124O15. The summed E-state index contributed by atoms with van der Waals surface area (Å²) in [6.07, 6.45) is 34.2. The molecule has 1 aliphatic carbocycles. The normalized spacial score (nSPS) is 14.1. The summed E-state index contributed by atoms with van der Waals surface area (Å²) in [5.74, 6) is 0. The fourth-order valence-electron chi connectivity index (χ4n) is 7.40. The lowest BCUT2D eigenvalue weighted by Crippen LogP contribution is -2.12. The van der Waals surface area contributed by atoms with Gasteiger partial charge in [0, 0.05) is 13.2 Å². The Morgan fingerprint density at radius 1 is 0.284 bits per heavy atom. The lowest BCUT2D eigenvalue weighted by Gasteiger charge is -2.17. The van der Waals surface area contributed by atoms with E-state index in [9.17, 15) is 0 Å². The molecule has 0 aromatic heterocycles. The van der Waals surface area contributed by atoms with Gasteiger partial charge in [-0.15, -0.1) is 0 Å². The monoisotopic (exact) mass is 1160 g/mol. The van der Waals surface area contributed by atoms with Crippen LogP contribution in [0.25, 0.3) is 0 Å². The van der Waals surface area contributed by atoms with Crippen LogP contribution in [0.3, 0.4) is 0 Å². The van der Waals surface area contributed by atoms with Crippen LogP contribution in [-0.2, 0) is 71.1 Å². The molecule has 0 heterocycles. The van der Waals surface area contributed by atoms with Crippen LogP contribution in [0, 0.1) is 0 Å². The molecule has 0 N–H and O–H groups in total. The van der Waals surface area contributed by atoms with Gasteiger partial charge in [0.25, 0.3) is 0 Å². The molecule has 1 aliphatic rings. The highest BCUT2D eigenvalue weighted by atomic mass is 16.6. The molecule has 0 aromatic carbocycles. The van der Waals surface area contributed by atoms with Gasteiger partial charge in [-0.3, -0.25) is 0 Å². The molecule has 0 saturated heterocycles. The van der Waals surface area contributed by atoms with E-state index in [0.29, 0.717) is 145 Å². The van der Waals surface area contributed by atoms with Crippen molar-refractivity contribution in [2.45, 2.75) is 198 Å². The van der Waals surface area contributed by atoms with Crippen molar-refractivity contribution in [3.8, 4) is 0 Å². The van der Waals surface area contributed by atoms with Gasteiger partial charge < -0.3 is 71.1 Å². The van der Waals surface area contributed by atoms with Gasteiger partial charge in [-0.05, 0) is 150 Å². The molecular weight excluding hydrogens is 1030 g/mol. The third-order valence-corrected chi connectivity index (χ3v) is 12.5. The second-order valence-corrected chi connectivity index (χ2v) is 19.4. The first-order valence-electron chi connectivity index (χ1n) is 31.9. The zero-order chi connectivity index (χ0) is 59.4. The van der Waals surface area contributed by atoms with Crippen LogP contribution in [0.5, 0.6) is 0 Å². The molecule has 15 nitrogen and oxygen atoms in total. The first-order valence-corrected chi connectivity index (χ1v) is 31.9. The van der Waals surface area contributed by atoms with E-state index < -0.39 is 0 Å². The van der Waals surface area contributed by atoms with E-state index in [-0.39, 0.29) is 0 Å². The summed E-state index contributed by atoms with van der Waals surface area (Å²) in [5.41, 5.74) is 8.13. The average molecular weight is 1160 g/mol. The summed E-state index contributed by atoms with van der Waals surface area (Å²) in [5, 5.41) is 0. The Labute approximate surface area is 496 Å². The predicted molar refractivity (Wildman–Crippen MR) is 331 cm³/mol. The highest BCUT2D eigenvalue weighted by molar-refractivity contribution is 5.17. The van der Waals surface area contributed by atoms with Crippen LogP contribution in [0.4, 0.5) is 0 Å². The van der Waals surface area contributed by atoms with E-state index in [1.165, 1.54) is 84.8 Å². The summed E-state index contributed by atoms with van der Waals surface area (Å²) in [6, 6.07) is 0. The molecule has 0 aliphatic heterocycles. The third-order valence-electron chi connectivity index (χ3n) is 12.5. The average Bonchev–Trinajstić information content (AvgIpc) is 3.49. The van der Waals surface area contributed by atoms with Gasteiger partial charge in [-0.25, -0.2) is 0 Å². The van der Waals surface area contributed by atoms with Crippen LogP contribution in [0.1, 0.15) is 198 Å². The second-order valence-electron chi connectivity index (χ2n) is 19.4. The quantitative estimate of drug-likeness (QED) is 0.0421. The van der Waals surface area contributed by atoms with Crippen LogP contribution < -0.4 is 0 Å². The first kappa shape index (κ1) is 79.9. The van der Waals surface area contributed by atoms with Crippen LogP contribution >= 0.6 is 0 Å². The van der Waals surface area contributed by atoms with Gasteiger partial charge in [0.05, 0.1) is 143 Å². The van der Waals surface area contributed by atoms with Gasteiger partial charge in [-0.2, -0.15) is 0 Å². The molecule has 0 atom stereocenters. The Kier molecular flexibility index (Phi) is 68.5. The van der Waals surface area contributed by atoms with Crippen molar-refractivity contribution >= 4 is 0 Å². The van der Waals surface area contributed by atoms with Gasteiger partial charge in [-0.1, -0.05) is 81.1 Å².